The van der Waals surface area contributed by atoms with E-state index in [1.54, 1.807) is 0 Å². The lowest BCUT2D eigenvalue weighted by atomic mass is 9.70. The normalized spacial score (nSPS) is 21.7. The molecule has 1 heterocycles. The fourth-order valence-electron chi connectivity index (χ4n) is 5.15. The van der Waals surface area contributed by atoms with Gasteiger partial charge in [-0.25, -0.2) is 9.97 Å². The number of benzene rings is 2. The van der Waals surface area contributed by atoms with Crippen molar-refractivity contribution in [2.24, 2.45) is 10.9 Å². The Morgan fingerprint density at radius 2 is 1.77 bits per heavy atom. The number of fused-ring (bicyclic) bond motifs is 3. The van der Waals surface area contributed by atoms with Gasteiger partial charge in [-0.15, -0.1) is 0 Å². The van der Waals surface area contributed by atoms with Gasteiger partial charge in [-0.3, -0.25) is 0 Å². The first-order valence-corrected chi connectivity index (χ1v) is 12.4. The van der Waals surface area contributed by atoms with Crippen molar-refractivity contribution in [3.05, 3.63) is 71.5 Å². The molecule has 2 aliphatic carbocycles. The van der Waals surface area contributed by atoms with Crippen LogP contribution in [0.4, 0.5) is 5.82 Å². The van der Waals surface area contributed by atoms with Crippen molar-refractivity contribution < 1.29 is 9.57 Å². The Morgan fingerprint density at radius 1 is 1.00 bits per heavy atom. The molecule has 0 aliphatic heterocycles. The summed E-state index contributed by atoms with van der Waals surface area (Å²) in [6.07, 6.45) is 6.40. The summed E-state index contributed by atoms with van der Waals surface area (Å²) in [6, 6.07) is 16.6. The Labute approximate surface area is 206 Å². The Balaban J connectivity index is 1.47. The molecule has 182 valence electrons. The van der Waals surface area contributed by atoms with E-state index in [-0.39, 0.29) is 12.1 Å². The topological polar surface area (TPSA) is 109 Å². The number of ether oxygens (including phenoxy) is 1. The summed E-state index contributed by atoms with van der Waals surface area (Å²) in [7, 11) is 0. The first-order chi connectivity index (χ1) is 16.9. The number of aromatic nitrogens is 2. The largest absolute Gasteiger partial charge is 0.490 e. The van der Waals surface area contributed by atoms with Crippen LogP contribution in [0, 0.1) is 0 Å². The monoisotopic (exact) mass is 471 g/mol. The van der Waals surface area contributed by atoms with Crippen molar-refractivity contribution in [3.8, 4) is 17.0 Å². The predicted molar refractivity (Wildman–Crippen MR) is 138 cm³/mol. The van der Waals surface area contributed by atoms with Crippen molar-refractivity contribution in [2.75, 3.05) is 12.3 Å². The minimum atomic E-state index is -0.545. The van der Waals surface area contributed by atoms with E-state index in [2.05, 4.69) is 47.2 Å². The molecule has 5 rings (SSSR count). The predicted octanol–water partition coefficient (Wildman–Crippen LogP) is 4.63. The van der Waals surface area contributed by atoms with Gasteiger partial charge in [0, 0.05) is 34.6 Å². The second kappa shape index (κ2) is 9.66. The van der Waals surface area contributed by atoms with Crippen LogP contribution in [0.2, 0.25) is 0 Å². The maximum atomic E-state index is 6.37. The molecule has 0 spiro atoms. The minimum absolute atomic E-state index is 0.178. The van der Waals surface area contributed by atoms with Crippen LogP contribution in [-0.4, -0.2) is 34.4 Å². The number of nitrogens with zero attached hydrogens (tertiary/aromatic N) is 3. The summed E-state index contributed by atoms with van der Waals surface area (Å²) in [5.41, 5.74) is 17.5. The molecule has 0 radical (unpaired) electrons. The molecule has 1 saturated carbocycles. The van der Waals surface area contributed by atoms with E-state index < -0.39 is 5.41 Å². The summed E-state index contributed by atoms with van der Waals surface area (Å²) in [4.78, 5) is 14.7. The second-order valence-electron chi connectivity index (χ2n) is 9.98. The maximum Gasteiger partial charge on any atom is 0.131 e. The molecular weight excluding hydrogens is 438 g/mol. The number of hydrogen-bond acceptors (Lipinski definition) is 7. The second-order valence-corrected chi connectivity index (χ2v) is 9.98. The number of nitrogens with two attached hydrogens (primary N) is 2. The summed E-state index contributed by atoms with van der Waals surface area (Å²) in [5.74, 6) is 1.28. The molecule has 0 saturated heterocycles. The van der Waals surface area contributed by atoms with Gasteiger partial charge < -0.3 is 21.0 Å². The highest BCUT2D eigenvalue weighted by atomic mass is 16.6. The summed E-state index contributed by atoms with van der Waals surface area (Å²) in [5, 5.41) is 4.66. The zero-order chi connectivity index (χ0) is 24.4. The van der Waals surface area contributed by atoms with Crippen LogP contribution in [0.15, 0.2) is 60.0 Å². The molecule has 1 aromatic heterocycles. The van der Waals surface area contributed by atoms with Gasteiger partial charge in [0.1, 0.15) is 24.5 Å². The molecule has 1 fully saturated rings. The molecule has 0 amide bonds. The van der Waals surface area contributed by atoms with Gasteiger partial charge in [0.15, 0.2) is 0 Å². The first-order valence-electron chi connectivity index (χ1n) is 12.4. The Morgan fingerprint density at radius 3 is 2.54 bits per heavy atom. The molecule has 0 unspecified atom stereocenters. The van der Waals surface area contributed by atoms with E-state index in [4.69, 9.17) is 21.0 Å². The highest BCUT2D eigenvalue weighted by Crippen LogP contribution is 2.45. The van der Waals surface area contributed by atoms with Gasteiger partial charge >= 0.3 is 0 Å². The van der Waals surface area contributed by atoms with Gasteiger partial charge in [0.05, 0.1) is 17.5 Å². The van der Waals surface area contributed by atoms with Crippen LogP contribution in [0.25, 0.3) is 11.3 Å². The summed E-state index contributed by atoms with van der Waals surface area (Å²) < 4.78 is 6.37. The minimum Gasteiger partial charge on any atom is -0.490 e. The third-order valence-corrected chi connectivity index (χ3v) is 7.10. The lowest BCUT2D eigenvalue weighted by molar-refractivity contribution is 0.145. The fourth-order valence-corrected chi connectivity index (χ4v) is 5.15. The summed E-state index contributed by atoms with van der Waals surface area (Å²) >= 11 is 0. The lowest BCUT2D eigenvalue weighted by Gasteiger charge is -2.35. The van der Waals surface area contributed by atoms with E-state index in [1.807, 2.05) is 30.3 Å². The zero-order valence-corrected chi connectivity index (χ0v) is 20.4. The molecule has 2 aliphatic rings. The van der Waals surface area contributed by atoms with E-state index in [0.29, 0.717) is 12.4 Å². The third-order valence-electron chi connectivity index (χ3n) is 7.10. The number of oxime groups is 1. The van der Waals surface area contributed by atoms with Crippen molar-refractivity contribution >= 4 is 11.5 Å². The molecule has 35 heavy (non-hydrogen) atoms. The summed E-state index contributed by atoms with van der Waals surface area (Å²) in [6.45, 7) is 4.65. The number of rotatable bonds is 6. The zero-order valence-electron chi connectivity index (χ0n) is 20.4. The van der Waals surface area contributed by atoms with Crippen LogP contribution in [0.1, 0.15) is 56.2 Å². The molecule has 0 atom stereocenters. The molecule has 3 aromatic rings. The van der Waals surface area contributed by atoms with E-state index in [0.717, 1.165) is 65.9 Å². The number of hydrogen-bond donors (Lipinski definition) is 2. The number of anilines is 1. The molecular formula is C28H33N5O2. The van der Waals surface area contributed by atoms with Crippen molar-refractivity contribution in [1.82, 2.24) is 9.97 Å². The van der Waals surface area contributed by atoms with E-state index in [1.165, 1.54) is 11.9 Å². The third kappa shape index (κ3) is 4.73. The lowest BCUT2D eigenvalue weighted by Crippen LogP contribution is -2.36. The van der Waals surface area contributed by atoms with Crippen molar-refractivity contribution in [1.29, 1.82) is 0 Å². The van der Waals surface area contributed by atoms with Crippen LogP contribution >= 0.6 is 0 Å². The molecule has 7 heteroatoms. The van der Waals surface area contributed by atoms with Gasteiger partial charge in [0.25, 0.3) is 0 Å². The van der Waals surface area contributed by atoms with Crippen molar-refractivity contribution in [3.63, 3.8) is 0 Å². The molecule has 7 nitrogen and oxygen atoms in total. The van der Waals surface area contributed by atoms with E-state index >= 15 is 0 Å². The maximum absolute atomic E-state index is 6.37. The average molecular weight is 472 g/mol. The van der Waals surface area contributed by atoms with Gasteiger partial charge in [-0.05, 0) is 63.3 Å². The quantitative estimate of drug-likeness (QED) is 0.401. The van der Waals surface area contributed by atoms with Crippen LogP contribution in [0.3, 0.4) is 0 Å². The smallest absolute Gasteiger partial charge is 0.131 e. The average Bonchev–Trinajstić information content (AvgIpc) is 2.85. The molecule has 2 aromatic carbocycles. The Kier molecular flexibility index (Phi) is 6.43. The highest BCUT2D eigenvalue weighted by molar-refractivity contribution is 6.15. The SMILES string of the molecule is CC1(C)/C(=N/OCCc2ccccc2)c2cc(OC3CCC(N)CC3)ccc2-c2ncnc(N)c21. The number of nitrogen functional groups attached to an aromatic ring is 1. The van der Waals surface area contributed by atoms with Crippen LogP contribution in [0.5, 0.6) is 5.75 Å². The van der Waals surface area contributed by atoms with Gasteiger partial charge in [-0.2, -0.15) is 0 Å². The molecule has 0 bridgehead atoms. The molecule has 4 N–H and O–H groups in total. The van der Waals surface area contributed by atoms with Crippen LogP contribution < -0.4 is 16.2 Å². The fraction of sp³-hybridized carbons (Fsp3) is 0.393. The standard InChI is InChI=1S/C28H33N5O2/c1-28(2)24-25(31-17-32-27(24)30)22-13-12-21(35-20-10-8-19(29)9-11-20)16-23(22)26(28)33-34-15-14-18-6-4-3-5-7-18/h3-7,12-13,16-17,19-20H,8-11,14-15,29H2,1-2H3,(H2,30,31,32)/b33-26+. The first kappa shape index (κ1) is 23.3. The van der Waals surface area contributed by atoms with Gasteiger partial charge in [-0.1, -0.05) is 35.5 Å². The van der Waals surface area contributed by atoms with Gasteiger partial charge in [0.2, 0.25) is 0 Å². The van der Waals surface area contributed by atoms with Crippen molar-refractivity contribution in [2.45, 2.75) is 63.5 Å². The van der Waals surface area contributed by atoms with Crippen LogP contribution in [-0.2, 0) is 16.7 Å². The highest BCUT2D eigenvalue weighted by Gasteiger charge is 2.41. The van der Waals surface area contributed by atoms with E-state index in [9.17, 15) is 0 Å². The Hall–Kier alpha value is -3.45. The Bertz CT molecular complexity index is 1220.